The zero-order valence-electron chi connectivity index (χ0n) is 14.9. The molecule has 0 spiro atoms. The molecule has 1 aliphatic rings. The highest BCUT2D eigenvalue weighted by Gasteiger charge is 2.32. The Kier molecular flexibility index (Phi) is 6.76. The lowest BCUT2D eigenvalue weighted by molar-refractivity contribution is -0.154. The largest absolute Gasteiger partial charge is 0.456 e. The smallest absolute Gasteiger partial charge is 0.328 e. The SMILES string of the molecule is C=C/C(=C\C)[C@H](C)OC(=O)C(c1ccccc1)N1CCN(C)CC1. The van der Waals surface area contributed by atoms with Gasteiger partial charge in [-0.1, -0.05) is 49.1 Å². The maximum atomic E-state index is 12.9. The average Bonchev–Trinajstić information content (AvgIpc) is 2.59. The van der Waals surface area contributed by atoms with E-state index in [1.54, 1.807) is 6.08 Å². The first-order chi connectivity index (χ1) is 11.6. The number of nitrogens with zero attached hydrogens (tertiary/aromatic N) is 2. The fraction of sp³-hybridized carbons (Fsp3) is 0.450. The molecular formula is C20H28N2O2. The van der Waals surface area contributed by atoms with Crippen molar-refractivity contribution in [1.82, 2.24) is 9.80 Å². The lowest BCUT2D eigenvalue weighted by atomic mass is 10.0. The van der Waals surface area contributed by atoms with Gasteiger partial charge in [0.05, 0.1) is 0 Å². The van der Waals surface area contributed by atoms with Crippen molar-refractivity contribution in [3.8, 4) is 0 Å². The summed E-state index contributed by atoms with van der Waals surface area (Å²) < 4.78 is 5.76. The molecule has 4 heteroatoms. The van der Waals surface area contributed by atoms with E-state index in [-0.39, 0.29) is 18.1 Å². The molecule has 1 unspecified atom stereocenters. The number of allylic oxidation sites excluding steroid dienone is 1. The highest BCUT2D eigenvalue weighted by molar-refractivity contribution is 5.78. The van der Waals surface area contributed by atoms with Crippen molar-refractivity contribution in [2.45, 2.75) is 26.0 Å². The van der Waals surface area contributed by atoms with Crippen LogP contribution in [0.1, 0.15) is 25.5 Å². The summed E-state index contributed by atoms with van der Waals surface area (Å²) in [5, 5.41) is 0. The van der Waals surface area contributed by atoms with Gasteiger partial charge in [-0.15, -0.1) is 0 Å². The number of likely N-dealkylation sites (N-methyl/N-ethyl adjacent to an activating group) is 1. The molecule has 24 heavy (non-hydrogen) atoms. The summed E-state index contributed by atoms with van der Waals surface area (Å²) in [7, 11) is 2.11. The average molecular weight is 328 g/mol. The van der Waals surface area contributed by atoms with Gasteiger partial charge in [0.15, 0.2) is 0 Å². The predicted octanol–water partition coefficient (Wildman–Crippen LogP) is 3.04. The molecule has 0 aliphatic carbocycles. The maximum Gasteiger partial charge on any atom is 0.328 e. The summed E-state index contributed by atoms with van der Waals surface area (Å²) >= 11 is 0. The number of ether oxygens (including phenoxy) is 1. The molecule has 0 N–H and O–H groups in total. The Morgan fingerprint density at radius 3 is 2.38 bits per heavy atom. The van der Waals surface area contributed by atoms with Gasteiger partial charge in [0.25, 0.3) is 0 Å². The van der Waals surface area contributed by atoms with Crippen LogP contribution in [0.15, 0.2) is 54.6 Å². The second-order valence-corrected chi connectivity index (χ2v) is 6.22. The second-order valence-electron chi connectivity index (χ2n) is 6.22. The molecule has 0 radical (unpaired) electrons. The maximum absolute atomic E-state index is 12.9. The van der Waals surface area contributed by atoms with Gasteiger partial charge in [0.1, 0.15) is 12.1 Å². The second kappa shape index (κ2) is 8.81. The van der Waals surface area contributed by atoms with E-state index in [0.717, 1.165) is 37.3 Å². The number of rotatable bonds is 6. The van der Waals surface area contributed by atoms with Crippen molar-refractivity contribution >= 4 is 5.97 Å². The molecule has 1 saturated heterocycles. The Labute approximate surface area is 145 Å². The van der Waals surface area contributed by atoms with E-state index < -0.39 is 0 Å². The lowest BCUT2D eigenvalue weighted by Gasteiger charge is -2.37. The van der Waals surface area contributed by atoms with Crippen LogP contribution in [0, 0.1) is 0 Å². The summed E-state index contributed by atoms with van der Waals surface area (Å²) in [6.07, 6.45) is 3.38. The molecule has 0 saturated carbocycles. The van der Waals surface area contributed by atoms with Gasteiger partial charge in [-0.25, -0.2) is 4.79 Å². The van der Waals surface area contributed by atoms with Crippen LogP contribution >= 0.6 is 0 Å². The number of piperazine rings is 1. The zero-order chi connectivity index (χ0) is 17.5. The standard InChI is InChI=1S/C20H28N2O2/c1-5-17(6-2)16(3)24-20(23)19(18-10-8-7-9-11-18)22-14-12-21(4)13-15-22/h5-11,16,19H,1,12-15H2,2-4H3/b17-6+/t16-,19?/m0/s1. The highest BCUT2D eigenvalue weighted by atomic mass is 16.5. The van der Waals surface area contributed by atoms with Crippen molar-refractivity contribution in [2.75, 3.05) is 33.2 Å². The highest BCUT2D eigenvalue weighted by Crippen LogP contribution is 2.25. The van der Waals surface area contributed by atoms with Crippen LogP contribution in [0.4, 0.5) is 0 Å². The number of carbonyl (C=O) groups is 1. The molecule has 4 nitrogen and oxygen atoms in total. The van der Waals surface area contributed by atoms with Crippen LogP contribution in [0.3, 0.4) is 0 Å². The van der Waals surface area contributed by atoms with E-state index in [4.69, 9.17) is 4.74 Å². The molecule has 1 fully saturated rings. The lowest BCUT2D eigenvalue weighted by Crippen LogP contribution is -2.48. The quantitative estimate of drug-likeness (QED) is 0.593. The summed E-state index contributed by atoms with van der Waals surface area (Å²) in [4.78, 5) is 17.4. The number of hydrogen-bond acceptors (Lipinski definition) is 4. The molecular weight excluding hydrogens is 300 g/mol. The van der Waals surface area contributed by atoms with E-state index in [2.05, 4.69) is 23.4 Å². The Bertz CT molecular complexity index is 575. The van der Waals surface area contributed by atoms with Crippen LogP contribution in [-0.4, -0.2) is 55.1 Å². The number of benzene rings is 1. The zero-order valence-corrected chi connectivity index (χ0v) is 14.9. The van der Waals surface area contributed by atoms with Crippen molar-refractivity contribution in [3.63, 3.8) is 0 Å². The predicted molar refractivity (Wildman–Crippen MR) is 97.8 cm³/mol. The van der Waals surface area contributed by atoms with Gasteiger partial charge in [-0.2, -0.15) is 0 Å². The van der Waals surface area contributed by atoms with Crippen LogP contribution in [0.2, 0.25) is 0 Å². The van der Waals surface area contributed by atoms with Gasteiger partial charge in [0.2, 0.25) is 0 Å². The van der Waals surface area contributed by atoms with E-state index in [0.29, 0.717) is 0 Å². The summed E-state index contributed by atoms with van der Waals surface area (Å²) in [6.45, 7) is 11.2. The third-order valence-corrected chi connectivity index (χ3v) is 4.57. The van der Waals surface area contributed by atoms with E-state index in [1.807, 2.05) is 50.3 Å². The Morgan fingerprint density at radius 1 is 1.21 bits per heavy atom. The number of esters is 1. The third kappa shape index (κ3) is 4.56. The fourth-order valence-corrected chi connectivity index (χ4v) is 3.04. The Balaban J connectivity index is 2.19. The normalized spacial score (nSPS) is 19.5. The van der Waals surface area contributed by atoms with Crippen molar-refractivity contribution < 1.29 is 9.53 Å². The van der Waals surface area contributed by atoms with Crippen LogP contribution in [-0.2, 0) is 9.53 Å². The summed E-state index contributed by atoms with van der Waals surface area (Å²) in [5.74, 6) is -0.195. The minimum atomic E-state index is -0.356. The minimum absolute atomic E-state index is 0.195. The first-order valence-corrected chi connectivity index (χ1v) is 8.53. The molecule has 2 rings (SSSR count). The van der Waals surface area contributed by atoms with Crippen molar-refractivity contribution in [3.05, 3.63) is 60.2 Å². The molecule has 0 bridgehead atoms. The molecule has 130 valence electrons. The van der Waals surface area contributed by atoms with E-state index in [9.17, 15) is 4.79 Å². The number of hydrogen-bond donors (Lipinski definition) is 0. The molecule has 1 aromatic carbocycles. The van der Waals surface area contributed by atoms with E-state index in [1.165, 1.54) is 0 Å². The topological polar surface area (TPSA) is 32.8 Å². The molecule has 1 aliphatic heterocycles. The summed E-state index contributed by atoms with van der Waals surface area (Å²) in [5.41, 5.74) is 1.91. The van der Waals surface area contributed by atoms with Crippen LogP contribution in [0.25, 0.3) is 0 Å². The molecule has 0 aromatic heterocycles. The van der Waals surface area contributed by atoms with Crippen molar-refractivity contribution in [1.29, 1.82) is 0 Å². The van der Waals surface area contributed by atoms with Crippen LogP contribution in [0.5, 0.6) is 0 Å². The van der Waals surface area contributed by atoms with Crippen LogP contribution < -0.4 is 0 Å². The molecule has 2 atom stereocenters. The Morgan fingerprint density at radius 2 is 1.83 bits per heavy atom. The van der Waals surface area contributed by atoms with Crippen molar-refractivity contribution in [2.24, 2.45) is 0 Å². The molecule has 1 aromatic rings. The van der Waals surface area contributed by atoms with Gasteiger partial charge in [0, 0.05) is 26.2 Å². The summed E-state index contributed by atoms with van der Waals surface area (Å²) in [6, 6.07) is 9.55. The fourth-order valence-electron chi connectivity index (χ4n) is 3.04. The monoisotopic (exact) mass is 328 g/mol. The Hall–Kier alpha value is -1.91. The first kappa shape index (κ1) is 18.4. The van der Waals surface area contributed by atoms with Gasteiger partial charge in [-0.3, -0.25) is 4.90 Å². The van der Waals surface area contributed by atoms with Gasteiger partial charge < -0.3 is 9.64 Å². The minimum Gasteiger partial charge on any atom is -0.456 e. The first-order valence-electron chi connectivity index (χ1n) is 8.53. The molecule has 1 heterocycles. The van der Waals surface area contributed by atoms with Gasteiger partial charge >= 0.3 is 5.97 Å². The van der Waals surface area contributed by atoms with Gasteiger partial charge in [-0.05, 0) is 32.0 Å². The van der Waals surface area contributed by atoms with E-state index >= 15 is 0 Å². The third-order valence-electron chi connectivity index (χ3n) is 4.57. The number of carbonyl (C=O) groups excluding carboxylic acids is 1. The molecule has 0 amide bonds.